The van der Waals surface area contributed by atoms with E-state index in [9.17, 15) is 4.79 Å². The third kappa shape index (κ3) is 3.23. The third-order valence-electron chi connectivity index (χ3n) is 2.98. The number of nitrogens with one attached hydrogen (secondary N) is 1. The zero-order valence-electron chi connectivity index (χ0n) is 11.0. The summed E-state index contributed by atoms with van der Waals surface area (Å²) >= 11 is 3.39. The summed E-state index contributed by atoms with van der Waals surface area (Å²) in [6.07, 6.45) is 3.07. The van der Waals surface area contributed by atoms with Crippen molar-refractivity contribution in [2.45, 2.75) is 0 Å². The Morgan fingerprint density at radius 1 is 1.10 bits per heavy atom. The fourth-order valence-corrected chi connectivity index (χ4v) is 2.38. The molecule has 0 unspecified atom stereocenters. The molecule has 1 heterocycles. The quantitative estimate of drug-likeness (QED) is 0.536. The van der Waals surface area contributed by atoms with Crippen molar-refractivity contribution >= 4 is 38.4 Å². The van der Waals surface area contributed by atoms with E-state index >= 15 is 0 Å². The van der Waals surface area contributed by atoms with Crippen molar-refractivity contribution < 1.29 is 9.21 Å². The van der Waals surface area contributed by atoms with Crippen LogP contribution in [0.1, 0.15) is 10.6 Å². The van der Waals surface area contributed by atoms with Gasteiger partial charge in [-0.1, -0.05) is 40.2 Å². The van der Waals surface area contributed by atoms with Crippen LogP contribution in [0.5, 0.6) is 0 Å². The van der Waals surface area contributed by atoms with Crippen LogP contribution < -0.4 is 5.32 Å². The number of hydrogen-bond donors (Lipinski definition) is 1. The summed E-state index contributed by atoms with van der Waals surface area (Å²) in [7, 11) is 0. The van der Waals surface area contributed by atoms with Gasteiger partial charge >= 0.3 is 0 Å². The van der Waals surface area contributed by atoms with Crippen molar-refractivity contribution in [2.24, 2.45) is 0 Å². The number of rotatable bonds is 4. The number of para-hydroxylation sites is 1. The maximum absolute atomic E-state index is 12.0. The number of benzene rings is 2. The Kier molecular flexibility index (Phi) is 3.88. The molecular formula is C17H12BrNO2. The largest absolute Gasteiger partial charge is 0.453 e. The highest BCUT2D eigenvalue weighted by molar-refractivity contribution is 9.10. The molecule has 0 spiro atoms. The maximum Gasteiger partial charge on any atom is 0.222 e. The average molecular weight is 342 g/mol. The molecule has 2 aromatic carbocycles. The third-order valence-corrected chi connectivity index (χ3v) is 3.47. The highest BCUT2D eigenvalue weighted by atomic mass is 79.9. The molecule has 0 aliphatic carbocycles. The van der Waals surface area contributed by atoms with E-state index in [2.05, 4.69) is 21.2 Å². The summed E-state index contributed by atoms with van der Waals surface area (Å²) in [4.78, 5) is 12.0. The van der Waals surface area contributed by atoms with E-state index in [0.29, 0.717) is 11.3 Å². The molecule has 104 valence electrons. The lowest BCUT2D eigenvalue weighted by Crippen LogP contribution is -1.94. The molecule has 0 bridgehead atoms. The minimum Gasteiger partial charge on any atom is -0.453 e. The van der Waals surface area contributed by atoms with E-state index in [4.69, 9.17) is 4.42 Å². The average Bonchev–Trinajstić information content (AvgIpc) is 2.91. The Labute approximate surface area is 130 Å². The van der Waals surface area contributed by atoms with Crippen molar-refractivity contribution in [2.75, 3.05) is 5.32 Å². The second-order valence-corrected chi connectivity index (χ2v) is 5.42. The molecule has 1 N–H and O–H groups in total. The van der Waals surface area contributed by atoms with Gasteiger partial charge in [-0.25, -0.2) is 0 Å². The number of hydrogen-bond acceptors (Lipinski definition) is 3. The first kappa shape index (κ1) is 13.6. The monoisotopic (exact) mass is 341 g/mol. The number of halogens is 1. The molecule has 0 radical (unpaired) electrons. The van der Waals surface area contributed by atoms with Gasteiger partial charge in [0.15, 0.2) is 5.76 Å². The Bertz CT molecular complexity index is 787. The highest BCUT2D eigenvalue weighted by Gasteiger charge is 2.08. The first-order chi connectivity index (χ1) is 10.2. The van der Waals surface area contributed by atoms with E-state index in [1.807, 2.05) is 48.5 Å². The number of furan rings is 1. The van der Waals surface area contributed by atoms with Gasteiger partial charge in [0.25, 0.3) is 0 Å². The lowest BCUT2D eigenvalue weighted by Gasteiger charge is -2.00. The number of carbonyl (C=O) groups excluding carboxylic acids is 1. The second kappa shape index (κ2) is 5.97. The van der Waals surface area contributed by atoms with E-state index in [1.165, 1.54) is 6.08 Å². The highest BCUT2D eigenvalue weighted by Crippen LogP contribution is 2.19. The van der Waals surface area contributed by atoms with Gasteiger partial charge in [0.05, 0.1) is 0 Å². The molecule has 0 amide bonds. The van der Waals surface area contributed by atoms with Gasteiger partial charge in [-0.2, -0.15) is 0 Å². The molecule has 3 rings (SSSR count). The van der Waals surface area contributed by atoms with E-state index in [-0.39, 0.29) is 5.78 Å². The Morgan fingerprint density at radius 3 is 2.76 bits per heavy atom. The second-order valence-electron chi connectivity index (χ2n) is 4.50. The summed E-state index contributed by atoms with van der Waals surface area (Å²) in [6, 6.07) is 17.0. The Balaban J connectivity index is 1.72. The predicted octanol–water partition coefficient (Wildman–Crippen LogP) is 5.00. The number of fused-ring (bicyclic) bond motifs is 1. The number of allylic oxidation sites excluding steroid dienone is 1. The van der Waals surface area contributed by atoms with Crippen LogP contribution in [0.2, 0.25) is 0 Å². The van der Waals surface area contributed by atoms with Crippen LogP contribution in [0.25, 0.3) is 11.0 Å². The first-order valence-corrected chi connectivity index (χ1v) is 7.23. The first-order valence-electron chi connectivity index (χ1n) is 6.44. The van der Waals surface area contributed by atoms with E-state index in [0.717, 1.165) is 15.5 Å². The minimum atomic E-state index is -0.173. The van der Waals surface area contributed by atoms with Crippen LogP contribution in [-0.4, -0.2) is 5.78 Å². The molecule has 0 saturated carbocycles. The van der Waals surface area contributed by atoms with Crippen LogP contribution in [-0.2, 0) is 0 Å². The van der Waals surface area contributed by atoms with Gasteiger partial charge in [-0.15, -0.1) is 0 Å². The SMILES string of the molecule is O=C(/C=C/Nc1cccc(Br)c1)c1cc2ccccc2o1. The van der Waals surface area contributed by atoms with Gasteiger partial charge < -0.3 is 9.73 Å². The van der Waals surface area contributed by atoms with Crippen LogP contribution in [0.4, 0.5) is 5.69 Å². The van der Waals surface area contributed by atoms with Crippen molar-refractivity contribution in [3.63, 3.8) is 0 Å². The van der Waals surface area contributed by atoms with Gasteiger partial charge in [0.1, 0.15) is 5.58 Å². The van der Waals surface area contributed by atoms with Crippen LogP contribution in [0.3, 0.4) is 0 Å². The molecule has 0 aliphatic heterocycles. The van der Waals surface area contributed by atoms with Crippen molar-refractivity contribution in [3.05, 3.63) is 77.1 Å². The normalized spacial score (nSPS) is 11.1. The summed E-state index contributed by atoms with van der Waals surface area (Å²) < 4.78 is 6.49. The van der Waals surface area contributed by atoms with Gasteiger partial charge in [0, 0.05) is 27.8 Å². The molecule has 21 heavy (non-hydrogen) atoms. The molecule has 0 aliphatic rings. The summed E-state index contributed by atoms with van der Waals surface area (Å²) in [5.41, 5.74) is 1.62. The van der Waals surface area contributed by atoms with E-state index < -0.39 is 0 Å². The smallest absolute Gasteiger partial charge is 0.222 e. The summed E-state index contributed by atoms with van der Waals surface area (Å²) in [5, 5.41) is 3.97. The Morgan fingerprint density at radius 2 is 1.95 bits per heavy atom. The Hall–Kier alpha value is -2.33. The molecule has 4 heteroatoms. The fraction of sp³-hybridized carbons (Fsp3) is 0. The molecule has 0 saturated heterocycles. The molecule has 3 aromatic rings. The zero-order chi connectivity index (χ0) is 14.7. The fourth-order valence-electron chi connectivity index (χ4n) is 1.98. The van der Waals surface area contributed by atoms with Gasteiger partial charge in [-0.3, -0.25) is 4.79 Å². The van der Waals surface area contributed by atoms with Gasteiger partial charge in [0.2, 0.25) is 5.78 Å². The van der Waals surface area contributed by atoms with Crippen LogP contribution >= 0.6 is 15.9 Å². The zero-order valence-corrected chi connectivity index (χ0v) is 12.6. The maximum atomic E-state index is 12.0. The molecule has 1 aromatic heterocycles. The van der Waals surface area contributed by atoms with Crippen molar-refractivity contribution in [1.82, 2.24) is 0 Å². The van der Waals surface area contributed by atoms with Crippen LogP contribution in [0.15, 0.2) is 75.8 Å². The lowest BCUT2D eigenvalue weighted by molar-refractivity contribution is 0.102. The number of ketones is 1. The standard InChI is InChI=1S/C17H12BrNO2/c18-13-5-3-6-14(11-13)19-9-8-15(20)17-10-12-4-1-2-7-16(12)21-17/h1-11,19H/b9-8+. The van der Waals surface area contributed by atoms with Crippen molar-refractivity contribution in [3.8, 4) is 0 Å². The topological polar surface area (TPSA) is 42.2 Å². The van der Waals surface area contributed by atoms with Crippen molar-refractivity contribution in [1.29, 1.82) is 0 Å². The molecular weight excluding hydrogens is 330 g/mol. The predicted molar refractivity (Wildman–Crippen MR) is 87.4 cm³/mol. The lowest BCUT2D eigenvalue weighted by atomic mass is 10.2. The minimum absolute atomic E-state index is 0.173. The summed E-state index contributed by atoms with van der Waals surface area (Å²) in [6.45, 7) is 0. The van der Waals surface area contributed by atoms with Gasteiger partial charge in [-0.05, 0) is 30.3 Å². The van der Waals surface area contributed by atoms with Crippen LogP contribution in [0, 0.1) is 0 Å². The molecule has 0 fully saturated rings. The molecule has 3 nitrogen and oxygen atoms in total. The van der Waals surface area contributed by atoms with E-state index in [1.54, 1.807) is 12.3 Å². The summed E-state index contributed by atoms with van der Waals surface area (Å²) in [5.74, 6) is 0.164. The molecule has 0 atom stereocenters. The number of carbonyl (C=O) groups is 1. The number of anilines is 1.